The molecule has 0 saturated heterocycles. The van der Waals surface area contributed by atoms with E-state index in [-0.39, 0.29) is 11.7 Å². The second kappa shape index (κ2) is 9.60. The van der Waals surface area contributed by atoms with Crippen LogP contribution in [0.3, 0.4) is 0 Å². The largest absolute Gasteiger partial charge is 0.467 e. The Morgan fingerprint density at radius 1 is 1.17 bits per heavy atom. The molecule has 3 heterocycles. The van der Waals surface area contributed by atoms with Crippen LogP contribution >= 0.6 is 23.4 Å². The maximum Gasteiger partial charge on any atom is 0.230 e. The molecule has 0 spiro atoms. The van der Waals surface area contributed by atoms with Crippen LogP contribution in [0.15, 0.2) is 76.8 Å². The Kier molecular flexibility index (Phi) is 6.46. The molecule has 1 amide bonds. The first-order valence-electron chi connectivity index (χ1n) is 9.19. The van der Waals surface area contributed by atoms with Gasteiger partial charge in [-0.25, -0.2) is 0 Å². The molecule has 4 rings (SSSR count). The lowest BCUT2D eigenvalue weighted by atomic mass is 10.2. The van der Waals surface area contributed by atoms with Gasteiger partial charge in [0.05, 0.1) is 18.6 Å². The highest BCUT2D eigenvalue weighted by molar-refractivity contribution is 7.99. The molecule has 9 heteroatoms. The summed E-state index contributed by atoms with van der Waals surface area (Å²) in [6.07, 6.45) is 5.06. The Morgan fingerprint density at radius 3 is 2.87 bits per heavy atom. The maximum atomic E-state index is 12.3. The van der Waals surface area contributed by atoms with E-state index in [0.29, 0.717) is 29.1 Å². The number of rotatable bonds is 8. The first-order valence-corrected chi connectivity index (χ1v) is 10.6. The number of halogens is 1. The molecule has 0 aliphatic carbocycles. The Labute approximate surface area is 182 Å². The summed E-state index contributed by atoms with van der Waals surface area (Å²) in [4.78, 5) is 16.5. The van der Waals surface area contributed by atoms with Crippen LogP contribution < -0.4 is 5.32 Å². The number of nitrogens with zero attached hydrogens (tertiary/aromatic N) is 4. The highest BCUT2D eigenvalue weighted by Gasteiger charge is 2.17. The predicted molar refractivity (Wildman–Crippen MR) is 115 cm³/mol. The third kappa shape index (κ3) is 5.08. The van der Waals surface area contributed by atoms with Crippen molar-refractivity contribution in [2.45, 2.75) is 18.2 Å². The van der Waals surface area contributed by atoms with Gasteiger partial charge in [0.1, 0.15) is 5.76 Å². The number of nitrogens with one attached hydrogen (secondary N) is 1. The number of pyridine rings is 1. The first-order chi connectivity index (χ1) is 14.7. The number of hydrogen-bond donors (Lipinski definition) is 1. The van der Waals surface area contributed by atoms with Crippen LogP contribution in [0.25, 0.3) is 11.4 Å². The van der Waals surface area contributed by atoms with Crippen molar-refractivity contribution >= 4 is 29.3 Å². The molecular formula is C21H18ClN5O2S. The fourth-order valence-electron chi connectivity index (χ4n) is 2.83. The number of carbonyl (C=O) groups is 1. The number of hydrogen-bond acceptors (Lipinski definition) is 6. The molecule has 30 heavy (non-hydrogen) atoms. The number of furan rings is 1. The molecule has 152 valence electrons. The molecule has 4 aromatic rings. The molecule has 0 aliphatic heterocycles. The van der Waals surface area contributed by atoms with Gasteiger partial charge in [0.2, 0.25) is 5.91 Å². The number of amides is 1. The highest BCUT2D eigenvalue weighted by Crippen LogP contribution is 2.24. The van der Waals surface area contributed by atoms with Crippen LogP contribution in [0.5, 0.6) is 0 Å². The third-order valence-electron chi connectivity index (χ3n) is 4.24. The van der Waals surface area contributed by atoms with E-state index < -0.39 is 0 Å². The molecule has 0 bridgehead atoms. The van der Waals surface area contributed by atoms with E-state index in [4.69, 9.17) is 16.0 Å². The van der Waals surface area contributed by atoms with Crippen LogP contribution in [0.1, 0.15) is 11.3 Å². The van der Waals surface area contributed by atoms with Crippen molar-refractivity contribution in [2.75, 3.05) is 5.75 Å². The predicted octanol–water partition coefficient (Wildman–Crippen LogP) is 4.04. The molecule has 0 saturated carbocycles. The number of aromatic nitrogens is 4. The second-order valence-corrected chi connectivity index (χ2v) is 7.79. The van der Waals surface area contributed by atoms with Crippen molar-refractivity contribution in [3.8, 4) is 11.4 Å². The van der Waals surface area contributed by atoms with E-state index >= 15 is 0 Å². The zero-order chi connectivity index (χ0) is 20.8. The van der Waals surface area contributed by atoms with Crippen molar-refractivity contribution in [1.82, 2.24) is 25.1 Å². The van der Waals surface area contributed by atoms with Crippen molar-refractivity contribution in [1.29, 1.82) is 0 Å². The van der Waals surface area contributed by atoms with Gasteiger partial charge in [0.25, 0.3) is 0 Å². The lowest BCUT2D eigenvalue weighted by molar-refractivity contribution is -0.118. The van der Waals surface area contributed by atoms with Crippen LogP contribution in [-0.2, 0) is 17.9 Å². The normalized spacial score (nSPS) is 10.8. The monoisotopic (exact) mass is 439 g/mol. The molecule has 0 fully saturated rings. The second-order valence-electron chi connectivity index (χ2n) is 6.41. The molecule has 0 aliphatic rings. The Balaban J connectivity index is 1.45. The summed E-state index contributed by atoms with van der Waals surface area (Å²) in [5, 5.41) is 12.8. The molecule has 1 aromatic carbocycles. The summed E-state index contributed by atoms with van der Waals surface area (Å²) in [6, 6.07) is 14.9. The van der Waals surface area contributed by atoms with Gasteiger partial charge in [-0.15, -0.1) is 10.2 Å². The van der Waals surface area contributed by atoms with Gasteiger partial charge in [-0.1, -0.05) is 35.5 Å². The van der Waals surface area contributed by atoms with Crippen LogP contribution in [0, 0.1) is 0 Å². The van der Waals surface area contributed by atoms with Gasteiger partial charge in [0, 0.05) is 29.5 Å². The van der Waals surface area contributed by atoms with Crippen LogP contribution in [-0.4, -0.2) is 31.4 Å². The molecule has 1 N–H and O–H groups in total. The topological polar surface area (TPSA) is 85.8 Å². The fourth-order valence-corrected chi connectivity index (χ4v) is 3.81. The quantitative estimate of drug-likeness (QED) is 0.417. The molecule has 0 atom stereocenters. The molecule has 0 unspecified atom stereocenters. The third-order valence-corrected chi connectivity index (χ3v) is 5.44. The molecule has 7 nitrogen and oxygen atoms in total. The van der Waals surface area contributed by atoms with E-state index in [1.807, 2.05) is 47.0 Å². The van der Waals surface area contributed by atoms with E-state index in [1.54, 1.807) is 24.7 Å². The minimum absolute atomic E-state index is 0.101. The van der Waals surface area contributed by atoms with E-state index in [1.165, 1.54) is 11.8 Å². The Bertz CT molecular complexity index is 1120. The van der Waals surface area contributed by atoms with Gasteiger partial charge in [-0.05, 0) is 42.0 Å². The standard InChI is InChI=1S/C21H18ClN5O2S/c22-17-6-1-4-15(10-17)11-24-19(28)14-30-21-26-25-20(16-5-2-8-23-12-16)27(21)13-18-7-3-9-29-18/h1-10,12H,11,13-14H2,(H,24,28). The lowest BCUT2D eigenvalue weighted by Crippen LogP contribution is -2.24. The fraction of sp³-hybridized carbons (Fsp3) is 0.143. The summed E-state index contributed by atoms with van der Waals surface area (Å²) in [7, 11) is 0. The van der Waals surface area contributed by atoms with Crippen molar-refractivity contribution in [3.63, 3.8) is 0 Å². The van der Waals surface area contributed by atoms with Gasteiger partial charge in [-0.3, -0.25) is 14.3 Å². The van der Waals surface area contributed by atoms with E-state index in [2.05, 4.69) is 20.5 Å². The van der Waals surface area contributed by atoms with E-state index in [9.17, 15) is 4.79 Å². The van der Waals surface area contributed by atoms with E-state index in [0.717, 1.165) is 16.9 Å². The minimum Gasteiger partial charge on any atom is -0.467 e. The first kappa shape index (κ1) is 20.2. The maximum absolute atomic E-state index is 12.3. The average molecular weight is 440 g/mol. The summed E-state index contributed by atoms with van der Waals surface area (Å²) in [6.45, 7) is 0.872. The lowest BCUT2D eigenvalue weighted by Gasteiger charge is -2.09. The SMILES string of the molecule is O=C(CSc1nnc(-c2cccnc2)n1Cc1ccco1)NCc1cccc(Cl)c1. The average Bonchev–Trinajstić information content (AvgIpc) is 3.42. The Morgan fingerprint density at radius 2 is 2.10 bits per heavy atom. The van der Waals surface area contributed by atoms with Crippen molar-refractivity contribution < 1.29 is 9.21 Å². The van der Waals surface area contributed by atoms with Gasteiger partial charge in [0.15, 0.2) is 11.0 Å². The Hall–Kier alpha value is -3.10. The van der Waals surface area contributed by atoms with Gasteiger partial charge in [-0.2, -0.15) is 0 Å². The van der Waals surface area contributed by atoms with Gasteiger partial charge >= 0.3 is 0 Å². The zero-order valence-electron chi connectivity index (χ0n) is 15.9. The summed E-state index contributed by atoms with van der Waals surface area (Å²) >= 11 is 7.30. The van der Waals surface area contributed by atoms with Gasteiger partial charge < -0.3 is 9.73 Å². The molecule has 0 radical (unpaired) electrons. The van der Waals surface area contributed by atoms with Crippen molar-refractivity contribution in [3.05, 3.63) is 83.5 Å². The minimum atomic E-state index is -0.101. The summed E-state index contributed by atoms with van der Waals surface area (Å²) < 4.78 is 7.41. The molecular weight excluding hydrogens is 422 g/mol. The molecule has 3 aromatic heterocycles. The highest BCUT2D eigenvalue weighted by atomic mass is 35.5. The summed E-state index contributed by atoms with van der Waals surface area (Å²) in [5.41, 5.74) is 1.79. The summed E-state index contributed by atoms with van der Waals surface area (Å²) in [5.74, 6) is 1.55. The van der Waals surface area contributed by atoms with Crippen molar-refractivity contribution in [2.24, 2.45) is 0 Å². The smallest absolute Gasteiger partial charge is 0.230 e. The number of thioether (sulfide) groups is 1. The number of benzene rings is 1. The zero-order valence-corrected chi connectivity index (χ0v) is 17.4. The van der Waals surface area contributed by atoms with Crippen LogP contribution in [0.4, 0.5) is 0 Å². The number of carbonyl (C=O) groups excluding carboxylic acids is 1. The van der Waals surface area contributed by atoms with Crippen LogP contribution in [0.2, 0.25) is 5.02 Å².